The molecule has 88 valence electrons. The van der Waals surface area contributed by atoms with E-state index in [1.54, 1.807) is 18.2 Å². The predicted molar refractivity (Wildman–Crippen MR) is 66.3 cm³/mol. The minimum absolute atomic E-state index is 0.225. The molecule has 0 spiro atoms. The van der Waals surface area contributed by atoms with Crippen LogP contribution in [0.4, 0.5) is 0 Å². The lowest BCUT2D eigenvalue weighted by atomic mass is 10.1. The van der Waals surface area contributed by atoms with Gasteiger partial charge in [-0.2, -0.15) is 0 Å². The Balaban J connectivity index is 2.67. The number of rotatable bonds is 3. The van der Waals surface area contributed by atoms with Crippen LogP contribution in [0, 0.1) is 0 Å². The molecule has 0 aliphatic heterocycles. The van der Waals surface area contributed by atoms with Crippen LogP contribution in [0.15, 0.2) is 30.3 Å². The van der Waals surface area contributed by atoms with Gasteiger partial charge in [0.25, 0.3) is 0 Å². The maximum absolute atomic E-state index is 8.81. The minimum atomic E-state index is -1.90. The lowest BCUT2D eigenvalue weighted by Crippen LogP contribution is -2.20. The van der Waals surface area contributed by atoms with Crippen LogP contribution in [0.25, 0.3) is 10.8 Å². The van der Waals surface area contributed by atoms with Crippen LogP contribution in [-0.4, -0.2) is 24.5 Å². The zero-order chi connectivity index (χ0) is 12.4. The van der Waals surface area contributed by atoms with Gasteiger partial charge in [-0.25, -0.2) is 0 Å². The molecule has 0 bridgehead atoms. The Morgan fingerprint density at radius 3 is 2.59 bits per heavy atom. The second-order valence-electron chi connectivity index (χ2n) is 3.38. The zero-order valence-corrected chi connectivity index (χ0v) is 9.81. The maximum Gasteiger partial charge on any atom is 0.707 e. The number of hydrogen-bond acceptors (Lipinski definition) is 4. The average Bonchev–Trinajstić information content (AvgIpc) is 2.29. The zero-order valence-electron chi connectivity index (χ0n) is 9.05. The number of hydrogen-bond donors (Lipinski definition) is 2. The molecule has 0 aliphatic rings. The molecular weight excluding hydrogens is 242 g/mol. The molecule has 17 heavy (non-hydrogen) atoms. The molecule has 0 heterocycles. The van der Waals surface area contributed by atoms with Crippen molar-refractivity contribution in [2.75, 3.05) is 7.11 Å². The van der Waals surface area contributed by atoms with Crippen molar-refractivity contribution >= 4 is 29.7 Å². The number of fused-ring (bicyclic) bond motifs is 1. The van der Waals surface area contributed by atoms with Crippen LogP contribution < -0.4 is 9.39 Å². The Labute approximate surface area is 104 Å². The van der Waals surface area contributed by atoms with E-state index in [4.69, 9.17) is 31.0 Å². The van der Waals surface area contributed by atoms with Crippen molar-refractivity contribution in [1.29, 1.82) is 0 Å². The van der Waals surface area contributed by atoms with Gasteiger partial charge in [-0.05, 0) is 17.5 Å². The summed E-state index contributed by atoms with van der Waals surface area (Å²) in [7, 11) is -0.432. The molecule has 0 aromatic heterocycles. The fourth-order valence-electron chi connectivity index (χ4n) is 1.69. The Bertz CT molecular complexity index is 544. The fraction of sp³-hybridized carbons (Fsp3) is 0.0909. The van der Waals surface area contributed by atoms with E-state index in [1.165, 1.54) is 7.11 Å². The lowest BCUT2D eigenvalue weighted by molar-refractivity contribution is 0.280. The summed E-state index contributed by atoms with van der Waals surface area (Å²) in [5.74, 6) is 0.601. The average molecular weight is 252 g/mol. The van der Waals surface area contributed by atoms with E-state index in [-0.39, 0.29) is 5.75 Å². The van der Waals surface area contributed by atoms with Crippen molar-refractivity contribution in [2.24, 2.45) is 0 Å². The Morgan fingerprint density at radius 1 is 1.18 bits per heavy atom. The molecule has 0 radical (unpaired) electrons. The van der Waals surface area contributed by atoms with E-state index in [0.29, 0.717) is 16.2 Å². The van der Waals surface area contributed by atoms with Crippen molar-refractivity contribution in [3.05, 3.63) is 35.4 Å². The third kappa shape index (κ3) is 2.31. The molecule has 4 nitrogen and oxygen atoms in total. The summed E-state index contributed by atoms with van der Waals surface area (Å²) < 4.78 is 10.0. The molecule has 0 amide bonds. The molecule has 2 aromatic carbocycles. The standard InChI is InChI=1S/C11H10BClO4/c1-16-11-9(17-12(14)15)6-5-7-3-2-4-8(13)10(7)11/h2-6,14-15H,1H3. The smallest absolute Gasteiger partial charge is 0.509 e. The van der Waals surface area contributed by atoms with Gasteiger partial charge in [-0.15, -0.1) is 0 Å². The predicted octanol–water partition coefficient (Wildman–Crippen LogP) is 1.85. The van der Waals surface area contributed by atoms with Crippen molar-refractivity contribution in [2.45, 2.75) is 0 Å². The van der Waals surface area contributed by atoms with E-state index < -0.39 is 7.32 Å². The van der Waals surface area contributed by atoms with Gasteiger partial charge in [-0.1, -0.05) is 29.8 Å². The van der Waals surface area contributed by atoms with Gasteiger partial charge < -0.3 is 19.4 Å². The van der Waals surface area contributed by atoms with Gasteiger partial charge in [0, 0.05) is 5.39 Å². The monoisotopic (exact) mass is 252 g/mol. The highest BCUT2D eigenvalue weighted by Crippen LogP contribution is 2.39. The first-order valence-corrected chi connectivity index (χ1v) is 5.29. The summed E-state index contributed by atoms with van der Waals surface area (Å²) in [5.41, 5.74) is 0. The normalized spacial score (nSPS) is 10.4. The van der Waals surface area contributed by atoms with Gasteiger partial charge >= 0.3 is 7.32 Å². The quantitative estimate of drug-likeness (QED) is 0.819. The highest BCUT2D eigenvalue weighted by molar-refractivity contribution is 6.36. The molecular formula is C11H10BClO4. The summed E-state index contributed by atoms with van der Waals surface area (Å²) in [4.78, 5) is 0. The Morgan fingerprint density at radius 2 is 1.94 bits per heavy atom. The summed E-state index contributed by atoms with van der Waals surface area (Å²) in [5, 5.41) is 19.7. The Hall–Kier alpha value is -1.43. The van der Waals surface area contributed by atoms with Crippen LogP contribution in [-0.2, 0) is 0 Å². The highest BCUT2D eigenvalue weighted by Gasteiger charge is 2.17. The number of ether oxygens (including phenoxy) is 1. The van der Waals surface area contributed by atoms with Crippen molar-refractivity contribution in [3.8, 4) is 11.5 Å². The van der Waals surface area contributed by atoms with E-state index in [0.717, 1.165) is 5.39 Å². The molecule has 2 aromatic rings. The first-order chi connectivity index (χ1) is 8.13. The molecule has 0 atom stereocenters. The van der Waals surface area contributed by atoms with Gasteiger partial charge in [-0.3, -0.25) is 0 Å². The molecule has 0 aliphatic carbocycles. The van der Waals surface area contributed by atoms with E-state index in [9.17, 15) is 0 Å². The second kappa shape index (κ2) is 4.83. The lowest BCUT2D eigenvalue weighted by Gasteiger charge is -2.13. The molecule has 0 fully saturated rings. The van der Waals surface area contributed by atoms with E-state index in [1.807, 2.05) is 12.1 Å². The summed E-state index contributed by atoms with van der Waals surface area (Å²) in [6, 6.07) is 8.79. The van der Waals surface area contributed by atoms with Crippen LogP contribution in [0.1, 0.15) is 0 Å². The van der Waals surface area contributed by atoms with Crippen molar-refractivity contribution in [3.63, 3.8) is 0 Å². The first-order valence-electron chi connectivity index (χ1n) is 4.91. The largest absolute Gasteiger partial charge is 0.707 e. The van der Waals surface area contributed by atoms with Gasteiger partial charge in [0.2, 0.25) is 0 Å². The molecule has 2 rings (SSSR count). The summed E-state index contributed by atoms with van der Waals surface area (Å²) in [6.07, 6.45) is 0. The number of methoxy groups -OCH3 is 1. The topological polar surface area (TPSA) is 58.9 Å². The van der Waals surface area contributed by atoms with E-state index in [2.05, 4.69) is 0 Å². The number of halogens is 1. The van der Waals surface area contributed by atoms with Crippen LogP contribution in [0.3, 0.4) is 0 Å². The summed E-state index contributed by atoms with van der Waals surface area (Å²) in [6.45, 7) is 0. The highest BCUT2D eigenvalue weighted by atomic mass is 35.5. The number of benzene rings is 2. The van der Waals surface area contributed by atoms with Crippen LogP contribution >= 0.6 is 11.6 Å². The van der Waals surface area contributed by atoms with Crippen molar-refractivity contribution in [1.82, 2.24) is 0 Å². The molecule has 0 saturated heterocycles. The van der Waals surface area contributed by atoms with Crippen LogP contribution in [0.2, 0.25) is 5.02 Å². The molecule has 2 N–H and O–H groups in total. The second-order valence-corrected chi connectivity index (χ2v) is 3.79. The molecule has 0 saturated carbocycles. The van der Waals surface area contributed by atoms with Crippen molar-refractivity contribution < 1.29 is 19.4 Å². The molecule has 6 heteroatoms. The van der Waals surface area contributed by atoms with Gasteiger partial charge in [0.15, 0.2) is 5.75 Å². The van der Waals surface area contributed by atoms with Crippen LogP contribution in [0.5, 0.6) is 11.5 Å². The van der Waals surface area contributed by atoms with E-state index >= 15 is 0 Å². The first kappa shape index (κ1) is 12.0. The Kier molecular flexibility index (Phi) is 3.42. The maximum atomic E-state index is 8.81. The fourth-order valence-corrected chi connectivity index (χ4v) is 1.96. The van der Waals surface area contributed by atoms with Gasteiger partial charge in [0.05, 0.1) is 12.1 Å². The summed E-state index contributed by atoms with van der Waals surface area (Å²) >= 11 is 6.09. The molecule has 0 unspecified atom stereocenters. The third-order valence-corrected chi connectivity index (χ3v) is 2.66. The SMILES string of the molecule is COc1c(OB(O)O)ccc2cccc(Cl)c12. The minimum Gasteiger partial charge on any atom is -0.509 e. The third-order valence-electron chi connectivity index (χ3n) is 2.35. The van der Waals surface area contributed by atoms with Gasteiger partial charge in [0.1, 0.15) is 5.75 Å².